The van der Waals surface area contributed by atoms with Crippen molar-refractivity contribution in [1.82, 2.24) is 5.32 Å². The van der Waals surface area contributed by atoms with Gasteiger partial charge in [-0.05, 0) is 30.2 Å². The standard InChI is InChI=1S/C11H12ClNO3/c1-7-3-10(16-2)9(12)4-8(7)5-13-11(15)6-14/h3-4,6H,5H2,1-2H3,(H,13,15). The molecule has 0 bridgehead atoms. The number of hydrogen-bond acceptors (Lipinski definition) is 3. The maximum atomic E-state index is 10.8. The fourth-order valence-electron chi connectivity index (χ4n) is 1.27. The first-order valence-electron chi connectivity index (χ1n) is 4.64. The predicted molar refractivity (Wildman–Crippen MR) is 60.7 cm³/mol. The van der Waals surface area contributed by atoms with Crippen LogP contribution in [0.15, 0.2) is 12.1 Å². The summed E-state index contributed by atoms with van der Waals surface area (Å²) in [7, 11) is 1.54. The first-order valence-corrected chi connectivity index (χ1v) is 5.02. The van der Waals surface area contributed by atoms with Gasteiger partial charge in [0.25, 0.3) is 5.91 Å². The third kappa shape index (κ3) is 2.97. The Labute approximate surface area is 98.5 Å². The third-order valence-corrected chi connectivity index (χ3v) is 2.47. The lowest BCUT2D eigenvalue weighted by molar-refractivity contribution is -0.131. The second-order valence-corrected chi connectivity index (χ2v) is 3.66. The van der Waals surface area contributed by atoms with Crippen LogP contribution in [0.3, 0.4) is 0 Å². The van der Waals surface area contributed by atoms with Crippen molar-refractivity contribution in [3.05, 3.63) is 28.3 Å². The van der Waals surface area contributed by atoms with E-state index in [9.17, 15) is 9.59 Å². The molecule has 1 amide bonds. The van der Waals surface area contributed by atoms with Gasteiger partial charge in [0.2, 0.25) is 6.29 Å². The number of methoxy groups -OCH3 is 1. The van der Waals surface area contributed by atoms with Gasteiger partial charge in [-0.1, -0.05) is 11.6 Å². The van der Waals surface area contributed by atoms with Crippen molar-refractivity contribution < 1.29 is 14.3 Å². The average Bonchev–Trinajstić information content (AvgIpc) is 2.29. The Morgan fingerprint density at radius 2 is 2.25 bits per heavy atom. The van der Waals surface area contributed by atoms with Crippen molar-refractivity contribution in [3.8, 4) is 5.75 Å². The van der Waals surface area contributed by atoms with Gasteiger partial charge in [0.1, 0.15) is 5.75 Å². The number of carbonyl (C=O) groups is 2. The molecule has 1 N–H and O–H groups in total. The SMILES string of the molecule is COc1cc(C)c(CNC(=O)C=O)cc1Cl. The fraction of sp³-hybridized carbons (Fsp3) is 0.273. The molecule has 0 aromatic heterocycles. The summed E-state index contributed by atoms with van der Waals surface area (Å²) in [5.74, 6) is -0.0593. The number of ether oxygens (including phenoxy) is 1. The number of aldehydes is 1. The molecule has 0 saturated carbocycles. The summed E-state index contributed by atoms with van der Waals surface area (Å²) < 4.78 is 5.05. The van der Waals surface area contributed by atoms with Crippen LogP contribution in [-0.2, 0) is 16.1 Å². The summed E-state index contributed by atoms with van der Waals surface area (Å²) in [6, 6.07) is 3.49. The number of nitrogens with one attached hydrogen (secondary N) is 1. The Morgan fingerprint density at radius 3 is 2.81 bits per heavy atom. The van der Waals surface area contributed by atoms with E-state index < -0.39 is 5.91 Å². The van der Waals surface area contributed by atoms with Crippen LogP contribution in [0, 0.1) is 6.92 Å². The Bertz CT molecular complexity index is 418. The van der Waals surface area contributed by atoms with Crippen molar-refractivity contribution in [1.29, 1.82) is 0 Å². The molecule has 0 saturated heterocycles. The molecule has 86 valence electrons. The van der Waals surface area contributed by atoms with E-state index in [1.807, 2.05) is 6.92 Å². The van der Waals surface area contributed by atoms with E-state index in [1.165, 1.54) is 7.11 Å². The molecule has 5 heteroatoms. The van der Waals surface area contributed by atoms with Crippen LogP contribution in [-0.4, -0.2) is 19.3 Å². The van der Waals surface area contributed by atoms with E-state index in [0.717, 1.165) is 11.1 Å². The highest BCUT2D eigenvalue weighted by molar-refractivity contribution is 6.32. The minimum atomic E-state index is -0.647. The first kappa shape index (κ1) is 12.5. The smallest absolute Gasteiger partial charge is 0.284 e. The van der Waals surface area contributed by atoms with E-state index in [2.05, 4.69) is 5.32 Å². The maximum absolute atomic E-state index is 10.8. The van der Waals surface area contributed by atoms with Crippen LogP contribution < -0.4 is 10.1 Å². The minimum absolute atomic E-state index is 0.237. The highest BCUT2D eigenvalue weighted by atomic mass is 35.5. The lowest BCUT2D eigenvalue weighted by Gasteiger charge is -2.10. The van der Waals surface area contributed by atoms with Gasteiger partial charge in [0, 0.05) is 6.54 Å². The van der Waals surface area contributed by atoms with Gasteiger partial charge >= 0.3 is 0 Å². The fourth-order valence-corrected chi connectivity index (χ4v) is 1.53. The average molecular weight is 242 g/mol. The second kappa shape index (κ2) is 5.51. The zero-order chi connectivity index (χ0) is 12.1. The molecule has 0 aliphatic carbocycles. The highest BCUT2D eigenvalue weighted by Crippen LogP contribution is 2.27. The molecule has 1 aromatic carbocycles. The normalized spacial score (nSPS) is 9.69. The summed E-state index contributed by atoms with van der Waals surface area (Å²) in [6.07, 6.45) is 0.237. The molecule has 0 unspecified atom stereocenters. The lowest BCUT2D eigenvalue weighted by Crippen LogP contribution is -2.23. The van der Waals surface area contributed by atoms with Crippen molar-refractivity contribution in [2.45, 2.75) is 13.5 Å². The van der Waals surface area contributed by atoms with Crippen molar-refractivity contribution in [2.24, 2.45) is 0 Å². The number of benzene rings is 1. The van der Waals surface area contributed by atoms with E-state index in [-0.39, 0.29) is 12.8 Å². The largest absolute Gasteiger partial charge is 0.495 e. The molecule has 1 aromatic rings. The topological polar surface area (TPSA) is 55.4 Å². The van der Waals surface area contributed by atoms with E-state index in [0.29, 0.717) is 10.8 Å². The second-order valence-electron chi connectivity index (χ2n) is 3.25. The summed E-state index contributed by atoms with van der Waals surface area (Å²) in [6.45, 7) is 2.15. The molecule has 0 fully saturated rings. The molecule has 0 radical (unpaired) electrons. The van der Waals surface area contributed by atoms with Gasteiger partial charge < -0.3 is 10.1 Å². The summed E-state index contributed by atoms with van der Waals surface area (Å²) in [5.41, 5.74) is 1.79. The molecule has 16 heavy (non-hydrogen) atoms. The number of aryl methyl sites for hydroxylation is 1. The summed E-state index contributed by atoms with van der Waals surface area (Å²) in [5, 5.41) is 2.92. The third-order valence-electron chi connectivity index (χ3n) is 2.17. The number of amides is 1. The maximum Gasteiger partial charge on any atom is 0.284 e. The number of rotatable bonds is 4. The Balaban J connectivity index is 2.85. The number of halogens is 1. The highest BCUT2D eigenvalue weighted by Gasteiger charge is 2.07. The quantitative estimate of drug-likeness (QED) is 0.642. The predicted octanol–water partition coefficient (Wildman–Crippen LogP) is 1.47. The van der Waals surface area contributed by atoms with Gasteiger partial charge in [-0.2, -0.15) is 0 Å². The number of carbonyl (C=O) groups excluding carboxylic acids is 2. The Kier molecular flexibility index (Phi) is 4.31. The minimum Gasteiger partial charge on any atom is -0.495 e. The molecule has 1 rings (SSSR count). The molecule has 0 atom stereocenters. The van der Waals surface area contributed by atoms with Crippen LogP contribution in [0.1, 0.15) is 11.1 Å². The van der Waals surface area contributed by atoms with Crippen molar-refractivity contribution in [2.75, 3.05) is 7.11 Å². The molecule has 0 aliphatic heterocycles. The molecular formula is C11H12ClNO3. The van der Waals surface area contributed by atoms with Crippen LogP contribution >= 0.6 is 11.6 Å². The summed E-state index contributed by atoms with van der Waals surface area (Å²) in [4.78, 5) is 20.9. The Hall–Kier alpha value is -1.55. The van der Waals surface area contributed by atoms with Gasteiger partial charge in [-0.25, -0.2) is 0 Å². The van der Waals surface area contributed by atoms with Gasteiger partial charge in [0.05, 0.1) is 12.1 Å². The van der Waals surface area contributed by atoms with E-state index in [1.54, 1.807) is 12.1 Å². The lowest BCUT2D eigenvalue weighted by atomic mass is 10.1. The molecule has 4 nitrogen and oxygen atoms in total. The monoisotopic (exact) mass is 241 g/mol. The molecule has 0 heterocycles. The molecule has 0 spiro atoms. The first-order chi connectivity index (χ1) is 7.58. The van der Waals surface area contributed by atoms with E-state index >= 15 is 0 Å². The Morgan fingerprint density at radius 1 is 1.56 bits per heavy atom. The zero-order valence-corrected chi connectivity index (χ0v) is 9.80. The van der Waals surface area contributed by atoms with Crippen molar-refractivity contribution >= 4 is 23.8 Å². The van der Waals surface area contributed by atoms with Gasteiger partial charge in [-0.3, -0.25) is 9.59 Å². The van der Waals surface area contributed by atoms with E-state index in [4.69, 9.17) is 16.3 Å². The van der Waals surface area contributed by atoms with Crippen LogP contribution in [0.2, 0.25) is 5.02 Å². The zero-order valence-electron chi connectivity index (χ0n) is 9.04. The number of hydrogen-bond donors (Lipinski definition) is 1. The van der Waals surface area contributed by atoms with Crippen LogP contribution in [0.5, 0.6) is 5.75 Å². The van der Waals surface area contributed by atoms with Gasteiger partial charge in [0.15, 0.2) is 0 Å². The molecule has 0 aliphatic rings. The molecular weight excluding hydrogens is 230 g/mol. The summed E-state index contributed by atoms with van der Waals surface area (Å²) >= 11 is 5.94. The van der Waals surface area contributed by atoms with Gasteiger partial charge in [-0.15, -0.1) is 0 Å². The van der Waals surface area contributed by atoms with Crippen LogP contribution in [0.4, 0.5) is 0 Å². The van der Waals surface area contributed by atoms with Crippen LogP contribution in [0.25, 0.3) is 0 Å². The van der Waals surface area contributed by atoms with Crippen molar-refractivity contribution in [3.63, 3.8) is 0 Å².